The molecule has 3 nitrogen and oxygen atoms in total. The van der Waals surface area contributed by atoms with Crippen molar-refractivity contribution in [3.05, 3.63) is 34.3 Å². The largest absolute Gasteiger partial charge is 0.354 e. The quantitative estimate of drug-likeness (QED) is 0.771. The number of hydrogen-bond acceptors (Lipinski definition) is 3. The van der Waals surface area contributed by atoms with Crippen molar-refractivity contribution in [3.8, 4) is 0 Å². The van der Waals surface area contributed by atoms with Gasteiger partial charge in [0.2, 0.25) is 0 Å². The molecule has 3 rings (SSSR count). The lowest BCUT2D eigenvalue weighted by molar-refractivity contribution is 0.435. The first-order valence-electron chi connectivity index (χ1n) is 5.14. The van der Waals surface area contributed by atoms with Crippen LogP contribution in [0.1, 0.15) is 11.1 Å². The number of benzene rings is 1. The first-order valence-corrected chi connectivity index (χ1v) is 5.52. The van der Waals surface area contributed by atoms with Crippen LogP contribution in [0.5, 0.6) is 0 Å². The average molecular weight is 258 g/mol. The molecule has 2 aliphatic rings. The minimum absolute atomic E-state index is 0. The molecule has 0 radical (unpaired) electrons. The van der Waals surface area contributed by atoms with Crippen molar-refractivity contribution in [1.29, 1.82) is 0 Å². The molecule has 16 heavy (non-hydrogen) atoms. The van der Waals surface area contributed by atoms with Crippen LogP contribution in [0.4, 0.5) is 0 Å². The van der Waals surface area contributed by atoms with Gasteiger partial charge in [-0.15, -0.1) is 12.4 Å². The van der Waals surface area contributed by atoms with Gasteiger partial charge in [0.15, 0.2) is 5.96 Å². The first-order chi connectivity index (χ1) is 7.34. The number of rotatable bonds is 0. The molecule has 2 heterocycles. The van der Waals surface area contributed by atoms with E-state index in [9.17, 15) is 0 Å². The second kappa shape index (κ2) is 4.52. The van der Waals surface area contributed by atoms with E-state index in [-0.39, 0.29) is 12.4 Å². The number of fused-ring (bicyclic) bond motifs is 1. The van der Waals surface area contributed by atoms with E-state index in [2.05, 4.69) is 21.3 Å². The normalized spacial score (nSPS) is 17.6. The maximum Gasteiger partial charge on any atom is 0.194 e. The summed E-state index contributed by atoms with van der Waals surface area (Å²) < 4.78 is 0. The Labute approximate surface area is 106 Å². The number of aliphatic imine (C=N–C) groups is 1. The highest BCUT2D eigenvalue weighted by molar-refractivity contribution is 6.31. The Morgan fingerprint density at radius 2 is 2.19 bits per heavy atom. The van der Waals surface area contributed by atoms with Gasteiger partial charge in [-0.25, -0.2) is 0 Å². The maximum absolute atomic E-state index is 6.15. The van der Waals surface area contributed by atoms with E-state index in [1.165, 1.54) is 11.1 Å². The van der Waals surface area contributed by atoms with Gasteiger partial charge in [-0.1, -0.05) is 23.7 Å². The summed E-state index contributed by atoms with van der Waals surface area (Å²) in [5.74, 6) is 1.02. The van der Waals surface area contributed by atoms with Crippen LogP contribution >= 0.6 is 24.0 Å². The van der Waals surface area contributed by atoms with Gasteiger partial charge in [-0.05, 0) is 17.2 Å². The van der Waals surface area contributed by atoms with Crippen LogP contribution in [0.2, 0.25) is 5.02 Å². The zero-order valence-corrected chi connectivity index (χ0v) is 10.3. The Morgan fingerprint density at radius 3 is 2.88 bits per heavy atom. The Balaban J connectivity index is 0.000000963. The molecule has 0 aliphatic carbocycles. The van der Waals surface area contributed by atoms with Crippen LogP contribution in [0.25, 0.3) is 0 Å². The maximum atomic E-state index is 6.15. The predicted molar refractivity (Wildman–Crippen MR) is 68.3 cm³/mol. The molecule has 0 amide bonds. The van der Waals surface area contributed by atoms with Crippen molar-refractivity contribution in [2.24, 2.45) is 4.99 Å². The van der Waals surface area contributed by atoms with Crippen molar-refractivity contribution in [1.82, 2.24) is 10.2 Å². The van der Waals surface area contributed by atoms with E-state index in [4.69, 9.17) is 11.6 Å². The summed E-state index contributed by atoms with van der Waals surface area (Å²) >= 11 is 6.15. The van der Waals surface area contributed by atoms with Crippen LogP contribution in [-0.2, 0) is 13.1 Å². The molecular weight excluding hydrogens is 245 g/mol. The lowest BCUT2D eigenvalue weighted by Gasteiger charge is -2.16. The van der Waals surface area contributed by atoms with Gasteiger partial charge in [0, 0.05) is 24.7 Å². The molecule has 86 valence electrons. The van der Waals surface area contributed by atoms with Crippen LogP contribution in [0.3, 0.4) is 0 Å². The fourth-order valence-electron chi connectivity index (χ4n) is 2.13. The highest BCUT2D eigenvalue weighted by atomic mass is 35.5. The fraction of sp³-hybridized carbons (Fsp3) is 0.364. The van der Waals surface area contributed by atoms with Crippen molar-refractivity contribution in [2.45, 2.75) is 13.1 Å². The molecule has 1 N–H and O–H groups in total. The van der Waals surface area contributed by atoms with Crippen molar-refractivity contribution >= 4 is 30.0 Å². The van der Waals surface area contributed by atoms with Gasteiger partial charge < -0.3 is 10.2 Å². The topological polar surface area (TPSA) is 27.6 Å². The van der Waals surface area contributed by atoms with E-state index in [1.54, 1.807) is 0 Å². The molecule has 0 saturated carbocycles. The lowest BCUT2D eigenvalue weighted by atomic mass is 10.1. The molecule has 0 atom stereocenters. The summed E-state index contributed by atoms with van der Waals surface area (Å²) in [6.07, 6.45) is 0. The number of nitrogens with one attached hydrogen (secondary N) is 1. The second-order valence-electron chi connectivity index (χ2n) is 3.87. The van der Waals surface area contributed by atoms with E-state index in [0.717, 1.165) is 37.2 Å². The zero-order valence-electron chi connectivity index (χ0n) is 8.74. The minimum Gasteiger partial charge on any atom is -0.354 e. The van der Waals surface area contributed by atoms with E-state index in [0.29, 0.717) is 0 Å². The number of halogens is 2. The summed E-state index contributed by atoms with van der Waals surface area (Å²) in [6.45, 7) is 3.63. The third kappa shape index (κ3) is 1.85. The summed E-state index contributed by atoms with van der Waals surface area (Å²) in [7, 11) is 0. The smallest absolute Gasteiger partial charge is 0.194 e. The molecule has 5 heteroatoms. The molecular formula is C11H13Cl2N3. The van der Waals surface area contributed by atoms with Crippen molar-refractivity contribution < 1.29 is 0 Å². The molecule has 0 bridgehead atoms. The Kier molecular flexibility index (Phi) is 3.26. The van der Waals surface area contributed by atoms with Crippen LogP contribution < -0.4 is 5.32 Å². The summed E-state index contributed by atoms with van der Waals surface area (Å²) in [5.41, 5.74) is 2.56. The minimum atomic E-state index is 0. The molecule has 0 spiro atoms. The van der Waals surface area contributed by atoms with Crippen LogP contribution in [-0.4, -0.2) is 23.9 Å². The molecule has 0 fully saturated rings. The van der Waals surface area contributed by atoms with Gasteiger partial charge in [-0.3, -0.25) is 4.99 Å². The molecule has 1 aromatic rings. The third-order valence-electron chi connectivity index (χ3n) is 2.88. The zero-order chi connectivity index (χ0) is 10.3. The van der Waals surface area contributed by atoms with E-state index >= 15 is 0 Å². The first kappa shape index (κ1) is 11.6. The lowest BCUT2D eigenvalue weighted by Crippen LogP contribution is -2.34. The van der Waals surface area contributed by atoms with Crippen LogP contribution in [0, 0.1) is 0 Å². The van der Waals surface area contributed by atoms with E-state index < -0.39 is 0 Å². The molecule has 0 saturated heterocycles. The van der Waals surface area contributed by atoms with Gasteiger partial charge in [0.1, 0.15) is 0 Å². The molecule has 2 aliphatic heterocycles. The molecule has 0 unspecified atom stereocenters. The highest BCUT2D eigenvalue weighted by Gasteiger charge is 2.24. The van der Waals surface area contributed by atoms with Crippen molar-refractivity contribution in [3.63, 3.8) is 0 Å². The predicted octanol–water partition coefficient (Wildman–Crippen LogP) is 2.04. The standard InChI is InChI=1S/C11H12ClN3.ClH/c12-10-3-1-2-8-6-15(7-9(8)10)11-13-4-5-14-11;/h1-3H,4-7H2,(H,13,14);1H. The Hall–Kier alpha value is -0.930. The van der Waals surface area contributed by atoms with Crippen molar-refractivity contribution in [2.75, 3.05) is 13.1 Å². The average Bonchev–Trinajstić information content (AvgIpc) is 2.86. The fourth-order valence-corrected chi connectivity index (χ4v) is 2.38. The summed E-state index contributed by atoms with van der Waals surface area (Å²) in [5, 5.41) is 4.15. The summed E-state index contributed by atoms with van der Waals surface area (Å²) in [4.78, 5) is 6.66. The number of nitrogens with zero attached hydrogens (tertiary/aromatic N) is 2. The number of guanidine groups is 1. The Morgan fingerprint density at radius 1 is 1.31 bits per heavy atom. The van der Waals surface area contributed by atoms with Gasteiger partial charge >= 0.3 is 0 Å². The van der Waals surface area contributed by atoms with Gasteiger partial charge in [-0.2, -0.15) is 0 Å². The number of hydrogen-bond donors (Lipinski definition) is 1. The van der Waals surface area contributed by atoms with Crippen LogP contribution in [0.15, 0.2) is 23.2 Å². The molecule has 1 aromatic carbocycles. The third-order valence-corrected chi connectivity index (χ3v) is 3.24. The second-order valence-corrected chi connectivity index (χ2v) is 4.27. The Bertz CT molecular complexity index is 431. The summed E-state index contributed by atoms with van der Waals surface area (Å²) in [6, 6.07) is 6.10. The van der Waals surface area contributed by atoms with Gasteiger partial charge in [0.25, 0.3) is 0 Å². The van der Waals surface area contributed by atoms with E-state index in [1.807, 2.05) is 12.1 Å². The molecule has 0 aromatic heterocycles. The van der Waals surface area contributed by atoms with Gasteiger partial charge in [0.05, 0.1) is 6.54 Å². The highest BCUT2D eigenvalue weighted by Crippen LogP contribution is 2.29. The SMILES string of the molecule is Cl.Clc1cccc2c1CN(C1=NCCN1)C2. The monoisotopic (exact) mass is 257 g/mol.